The lowest BCUT2D eigenvalue weighted by atomic mass is 10.2. The van der Waals surface area contributed by atoms with Gasteiger partial charge in [0.05, 0.1) is 13.2 Å². The van der Waals surface area contributed by atoms with Gasteiger partial charge in [-0.15, -0.1) is 0 Å². The van der Waals surface area contributed by atoms with Crippen molar-refractivity contribution in [2.75, 3.05) is 13.2 Å². The molecular weight excluding hydrogens is 156 g/mol. The number of rotatable bonds is 3. The van der Waals surface area contributed by atoms with E-state index in [9.17, 15) is 0 Å². The first-order valence-corrected chi connectivity index (χ1v) is 4.28. The van der Waals surface area contributed by atoms with Gasteiger partial charge in [-0.25, -0.2) is 0 Å². The lowest BCUT2D eigenvalue weighted by Gasteiger charge is -2.05. The lowest BCUT2D eigenvalue weighted by molar-refractivity contribution is -0.0301. The number of hydrogen-bond acceptors (Lipinski definition) is 3. The maximum absolute atomic E-state index is 8.73. The largest absolute Gasteiger partial charge is 0.394 e. The second-order valence-corrected chi connectivity index (χ2v) is 3.27. The minimum absolute atomic E-state index is 0.0337. The van der Waals surface area contributed by atoms with Crippen LogP contribution in [-0.4, -0.2) is 30.7 Å². The molecule has 1 aliphatic rings. The Labute approximate surface area is 73.0 Å². The van der Waals surface area contributed by atoms with Gasteiger partial charge in [0.2, 0.25) is 0 Å². The molecule has 70 valence electrons. The third-order valence-corrected chi connectivity index (χ3v) is 1.63. The molecule has 1 N–H and O–H groups in total. The third kappa shape index (κ3) is 2.93. The fourth-order valence-corrected chi connectivity index (χ4v) is 0.980. The predicted octanol–water partition coefficient (Wildman–Crippen LogP) is 0.932. The molecule has 0 aromatic heterocycles. The van der Waals surface area contributed by atoms with Crippen LogP contribution in [0.5, 0.6) is 0 Å². The molecule has 0 saturated carbocycles. The van der Waals surface area contributed by atoms with E-state index in [-0.39, 0.29) is 19.0 Å². The van der Waals surface area contributed by atoms with Crippen LogP contribution in [0.3, 0.4) is 0 Å². The van der Waals surface area contributed by atoms with E-state index < -0.39 is 0 Å². The lowest BCUT2D eigenvalue weighted by Crippen LogP contribution is -2.15. The number of allylic oxidation sites excluding steroid dienone is 1. The van der Waals surface area contributed by atoms with Gasteiger partial charge >= 0.3 is 0 Å². The molecule has 1 saturated heterocycles. The molecular formula is C9H16O3. The van der Waals surface area contributed by atoms with E-state index >= 15 is 0 Å². The minimum atomic E-state index is -0.260. The first-order valence-electron chi connectivity index (χ1n) is 4.28. The maximum Gasteiger partial charge on any atom is 0.177 e. The molecule has 1 fully saturated rings. The van der Waals surface area contributed by atoms with Crippen molar-refractivity contribution in [2.45, 2.75) is 26.2 Å². The Kier molecular flexibility index (Phi) is 3.72. The fourth-order valence-electron chi connectivity index (χ4n) is 0.980. The van der Waals surface area contributed by atoms with Gasteiger partial charge in [-0.1, -0.05) is 19.9 Å². The van der Waals surface area contributed by atoms with Crippen molar-refractivity contribution in [3.63, 3.8) is 0 Å². The number of aliphatic hydroxyl groups is 1. The molecule has 0 bridgehead atoms. The third-order valence-electron chi connectivity index (χ3n) is 1.63. The monoisotopic (exact) mass is 172 g/mol. The van der Waals surface area contributed by atoms with Crippen LogP contribution in [0.25, 0.3) is 0 Å². The first kappa shape index (κ1) is 9.71. The van der Waals surface area contributed by atoms with Gasteiger partial charge in [-0.05, 0) is 12.0 Å². The van der Waals surface area contributed by atoms with Gasteiger partial charge in [-0.2, -0.15) is 0 Å². The van der Waals surface area contributed by atoms with Gasteiger partial charge in [0.15, 0.2) is 6.29 Å². The number of aliphatic hydroxyl groups excluding tert-OH is 1. The van der Waals surface area contributed by atoms with Gasteiger partial charge in [0.1, 0.15) is 6.10 Å². The molecule has 1 heterocycles. The molecule has 3 heteroatoms. The molecule has 0 aromatic carbocycles. The maximum atomic E-state index is 8.73. The highest BCUT2D eigenvalue weighted by molar-refractivity contribution is 4.89. The molecule has 0 spiro atoms. The molecule has 0 radical (unpaired) electrons. The molecule has 2 unspecified atom stereocenters. The summed E-state index contributed by atoms with van der Waals surface area (Å²) in [6, 6.07) is 0. The van der Waals surface area contributed by atoms with Crippen LogP contribution in [0.1, 0.15) is 13.8 Å². The Hall–Kier alpha value is -0.380. The molecule has 0 aromatic rings. The minimum Gasteiger partial charge on any atom is -0.394 e. The summed E-state index contributed by atoms with van der Waals surface area (Å²) in [5.74, 6) is 0.505. The Bertz CT molecular complexity index is 154. The highest BCUT2D eigenvalue weighted by Gasteiger charge is 2.22. The van der Waals surface area contributed by atoms with E-state index in [0.29, 0.717) is 12.5 Å². The Balaban J connectivity index is 2.27. The van der Waals surface area contributed by atoms with Crippen LogP contribution in [0.15, 0.2) is 12.2 Å². The summed E-state index contributed by atoms with van der Waals surface area (Å²) in [5, 5.41) is 8.73. The van der Waals surface area contributed by atoms with Gasteiger partial charge in [0, 0.05) is 0 Å². The average molecular weight is 172 g/mol. The predicted molar refractivity (Wildman–Crippen MR) is 45.7 cm³/mol. The zero-order valence-electron chi connectivity index (χ0n) is 7.56. The van der Waals surface area contributed by atoms with Crippen LogP contribution in [-0.2, 0) is 9.47 Å². The standard InChI is InChI=1S/C9H16O3/c1-7(2)3-4-9-11-6-8(5-10)12-9/h3-4,7-10H,5-6H2,1-2H3/b4-3+. The summed E-state index contributed by atoms with van der Waals surface area (Å²) in [7, 11) is 0. The van der Waals surface area contributed by atoms with Crippen LogP contribution in [0.2, 0.25) is 0 Å². The molecule has 1 rings (SSSR count). The van der Waals surface area contributed by atoms with Gasteiger partial charge in [-0.3, -0.25) is 0 Å². The molecule has 0 aliphatic carbocycles. The normalized spacial score (nSPS) is 30.7. The van der Waals surface area contributed by atoms with Crippen molar-refractivity contribution < 1.29 is 14.6 Å². The summed E-state index contributed by atoms with van der Waals surface area (Å²) < 4.78 is 10.5. The van der Waals surface area contributed by atoms with E-state index in [1.807, 2.05) is 12.2 Å². The van der Waals surface area contributed by atoms with E-state index in [1.165, 1.54) is 0 Å². The van der Waals surface area contributed by atoms with Crippen molar-refractivity contribution >= 4 is 0 Å². The van der Waals surface area contributed by atoms with Crippen molar-refractivity contribution in [1.82, 2.24) is 0 Å². The molecule has 2 atom stereocenters. The highest BCUT2D eigenvalue weighted by Crippen LogP contribution is 2.12. The van der Waals surface area contributed by atoms with E-state index in [2.05, 4.69) is 13.8 Å². The van der Waals surface area contributed by atoms with E-state index in [0.717, 1.165) is 0 Å². The van der Waals surface area contributed by atoms with Crippen molar-refractivity contribution in [3.05, 3.63) is 12.2 Å². The topological polar surface area (TPSA) is 38.7 Å². The summed E-state index contributed by atoms with van der Waals surface area (Å²) in [5.41, 5.74) is 0. The highest BCUT2D eigenvalue weighted by atomic mass is 16.7. The van der Waals surface area contributed by atoms with Gasteiger partial charge in [0.25, 0.3) is 0 Å². The average Bonchev–Trinajstić information content (AvgIpc) is 2.48. The van der Waals surface area contributed by atoms with Crippen LogP contribution in [0, 0.1) is 5.92 Å². The Morgan fingerprint density at radius 2 is 2.33 bits per heavy atom. The molecule has 3 nitrogen and oxygen atoms in total. The summed E-state index contributed by atoms with van der Waals surface area (Å²) in [6.45, 7) is 4.71. The smallest absolute Gasteiger partial charge is 0.177 e. The van der Waals surface area contributed by atoms with Crippen molar-refractivity contribution in [3.8, 4) is 0 Å². The van der Waals surface area contributed by atoms with Gasteiger partial charge < -0.3 is 14.6 Å². The fraction of sp³-hybridized carbons (Fsp3) is 0.778. The SMILES string of the molecule is CC(C)/C=C/C1OCC(CO)O1. The zero-order valence-corrected chi connectivity index (χ0v) is 7.56. The van der Waals surface area contributed by atoms with Crippen molar-refractivity contribution in [2.24, 2.45) is 5.92 Å². The Morgan fingerprint density at radius 1 is 1.58 bits per heavy atom. The second-order valence-electron chi connectivity index (χ2n) is 3.27. The summed E-state index contributed by atoms with van der Waals surface area (Å²) in [4.78, 5) is 0. The second kappa shape index (κ2) is 4.60. The van der Waals surface area contributed by atoms with E-state index in [4.69, 9.17) is 14.6 Å². The molecule has 12 heavy (non-hydrogen) atoms. The van der Waals surface area contributed by atoms with E-state index in [1.54, 1.807) is 0 Å². The quantitative estimate of drug-likeness (QED) is 0.644. The molecule has 1 aliphatic heterocycles. The molecule has 0 amide bonds. The zero-order chi connectivity index (χ0) is 8.97. The number of ether oxygens (including phenoxy) is 2. The van der Waals surface area contributed by atoms with Crippen molar-refractivity contribution in [1.29, 1.82) is 0 Å². The summed E-state index contributed by atoms with van der Waals surface area (Å²) >= 11 is 0. The van der Waals surface area contributed by atoms with Crippen LogP contribution >= 0.6 is 0 Å². The van der Waals surface area contributed by atoms with Crippen LogP contribution in [0.4, 0.5) is 0 Å². The van der Waals surface area contributed by atoms with Crippen LogP contribution < -0.4 is 0 Å². The number of hydrogen-bond donors (Lipinski definition) is 1. The Morgan fingerprint density at radius 3 is 2.83 bits per heavy atom. The first-order chi connectivity index (χ1) is 5.72. The summed E-state index contributed by atoms with van der Waals surface area (Å²) in [6.07, 6.45) is 3.52.